The van der Waals surface area contributed by atoms with Gasteiger partial charge in [0.05, 0.1) is 38.3 Å². The molecule has 0 unspecified atom stereocenters. The first kappa shape index (κ1) is 20.7. The highest BCUT2D eigenvalue weighted by Gasteiger charge is 2.12. The summed E-state index contributed by atoms with van der Waals surface area (Å²) >= 11 is 0. The number of hydrogen-bond donors (Lipinski definition) is 1. The summed E-state index contributed by atoms with van der Waals surface area (Å²) in [6.45, 7) is 6.98. The van der Waals surface area contributed by atoms with Crippen LogP contribution in [0.5, 0.6) is 11.5 Å². The van der Waals surface area contributed by atoms with E-state index in [1.807, 2.05) is 44.2 Å². The number of rotatable bonds is 7. The molecule has 0 aliphatic carbocycles. The predicted molar refractivity (Wildman–Crippen MR) is 114 cm³/mol. The van der Waals surface area contributed by atoms with E-state index < -0.39 is 0 Å². The maximum Gasteiger partial charge on any atom is 0.248 e. The Hall–Kier alpha value is -3.06. The molecular weight excluding hydrogens is 370 g/mol. The van der Waals surface area contributed by atoms with Crippen LogP contribution in [0.1, 0.15) is 19.4 Å². The van der Waals surface area contributed by atoms with E-state index in [0.29, 0.717) is 30.4 Å². The molecule has 7 heteroatoms. The second-order valence-electron chi connectivity index (χ2n) is 6.90. The zero-order chi connectivity index (χ0) is 20.6. The molecule has 29 heavy (non-hydrogen) atoms. The fraction of sp³-hybridized carbons (Fsp3) is 0.364. The SMILES string of the molecule is COc1cc(/C=C/C(=O)Nc2ccc(N3CCOCC3)nc2)ccc1OC(C)C. The molecule has 1 N–H and O–H groups in total. The van der Waals surface area contributed by atoms with E-state index in [0.717, 1.165) is 24.5 Å². The van der Waals surface area contributed by atoms with Crippen LogP contribution in [0.3, 0.4) is 0 Å². The van der Waals surface area contributed by atoms with Gasteiger partial charge in [-0.3, -0.25) is 4.79 Å². The van der Waals surface area contributed by atoms with Gasteiger partial charge in [-0.05, 0) is 49.8 Å². The molecule has 2 heterocycles. The van der Waals surface area contributed by atoms with E-state index in [9.17, 15) is 4.79 Å². The minimum atomic E-state index is -0.229. The Morgan fingerprint density at radius 3 is 2.66 bits per heavy atom. The molecule has 1 aromatic heterocycles. The lowest BCUT2D eigenvalue weighted by Gasteiger charge is -2.27. The van der Waals surface area contributed by atoms with Crippen molar-refractivity contribution in [2.45, 2.75) is 20.0 Å². The molecule has 1 saturated heterocycles. The zero-order valence-electron chi connectivity index (χ0n) is 17.1. The van der Waals surface area contributed by atoms with E-state index in [-0.39, 0.29) is 12.0 Å². The molecule has 0 spiro atoms. The summed E-state index contributed by atoms with van der Waals surface area (Å²) in [7, 11) is 1.59. The quantitative estimate of drug-likeness (QED) is 0.723. The van der Waals surface area contributed by atoms with Gasteiger partial charge in [0.1, 0.15) is 5.82 Å². The number of methoxy groups -OCH3 is 1. The summed E-state index contributed by atoms with van der Waals surface area (Å²) in [5, 5.41) is 2.82. The number of morpholine rings is 1. The van der Waals surface area contributed by atoms with Gasteiger partial charge in [0, 0.05) is 19.2 Å². The first-order valence-electron chi connectivity index (χ1n) is 9.67. The van der Waals surface area contributed by atoms with Crippen LogP contribution in [0, 0.1) is 0 Å². The maximum atomic E-state index is 12.2. The van der Waals surface area contributed by atoms with Gasteiger partial charge in [0.25, 0.3) is 0 Å². The van der Waals surface area contributed by atoms with Gasteiger partial charge in [-0.15, -0.1) is 0 Å². The lowest BCUT2D eigenvalue weighted by molar-refractivity contribution is -0.111. The number of carbonyl (C=O) groups excluding carboxylic acids is 1. The second-order valence-corrected chi connectivity index (χ2v) is 6.90. The topological polar surface area (TPSA) is 72.9 Å². The average Bonchev–Trinajstić information content (AvgIpc) is 2.74. The number of nitrogens with zero attached hydrogens (tertiary/aromatic N) is 2. The normalized spacial score (nSPS) is 14.3. The van der Waals surface area contributed by atoms with Crippen molar-refractivity contribution in [1.29, 1.82) is 0 Å². The molecule has 3 rings (SSSR count). The molecule has 154 valence electrons. The first-order valence-corrected chi connectivity index (χ1v) is 9.67. The van der Waals surface area contributed by atoms with Crippen LogP contribution in [-0.2, 0) is 9.53 Å². The largest absolute Gasteiger partial charge is 0.493 e. The number of anilines is 2. The lowest BCUT2D eigenvalue weighted by Crippen LogP contribution is -2.36. The third kappa shape index (κ3) is 5.96. The molecule has 1 aliphatic rings. The lowest BCUT2D eigenvalue weighted by atomic mass is 10.2. The fourth-order valence-electron chi connectivity index (χ4n) is 2.93. The molecule has 0 saturated carbocycles. The van der Waals surface area contributed by atoms with Gasteiger partial charge in [0.15, 0.2) is 11.5 Å². The highest BCUT2D eigenvalue weighted by Crippen LogP contribution is 2.29. The van der Waals surface area contributed by atoms with Gasteiger partial charge < -0.3 is 24.4 Å². The number of aromatic nitrogens is 1. The van der Waals surface area contributed by atoms with Crippen LogP contribution in [0.2, 0.25) is 0 Å². The van der Waals surface area contributed by atoms with E-state index in [2.05, 4.69) is 15.2 Å². The van der Waals surface area contributed by atoms with Crippen molar-refractivity contribution in [2.24, 2.45) is 0 Å². The van der Waals surface area contributed by atoms with Crippen molar-refractivity contribution >= 4 is 23.5 Å². The molecule has 1 aliphatic heterocycles. The number of nitrogens with one attached hydrogen (secondary N) is 1. The first-order chi connectivity index (χ1) is 14.0. The number of hydrogen-bond acceptors (Lipinski definition) is 6. The average molecular weight is 397 g/mol. The smallest absolute Gasteiger partial charge is 0.248 e. The van der Waals surface area contributed by atoms with Crippen molar-refractivity contribution in [2.75, 3.05) is 43.6 Å². The molecule has 1 fully saturated rings. The molecule has 0 radical (unpaired) electrons. The summed E-state index contributed by atoms with van der Waals surface area (Å²) in [6, 6.07) is 9.31. The van der Waals surface area contributed by atoms with E-state index in [1.54, 1.807) is 19.4 Å². The van der Waals surface area contributed by atoms with Crippen LogP contribution < -0.4 is 19.7 Å². The van der Waals surface area contributed by atoms with Crippen LogP contribution in [0.25, 0.3) is 6.08 Å². The van der Waals surface area contributed by atoms with Crippen LogP contribution >= 0.6 is 0 Å². The highest BCUT2D eigenvalue weighted by molar-refractivity contribution is 6.01. The van der Waals surface area contributed by atoms with Crippen molar-refractivity contribution in [1.82, 2.24) is 4.98 Å². The van der Waals surface area contributed by atoms with Gasteiger partial charge in [-0.2, -0.15) is 0 Å². The Morgan fingerprint density at radius 2 is 2.00 bits per heavy atom. The number of carbonyl (C=O) groups is 1. The Labute approximate surface area is 171 Å². The van der Waals surface area contributed by atoms with E-state index >= 15 is 0 Å². The number of ether oxygens (including phenoxy) is 3. The second kappa shape index (κ2) is 9.93. The van der Waals surface area contributed by atoms with Crippen LogP contribution in [0.15, 0.2) is 42.6 Å². The van der Waals surface area contributed by atoms with Gasteiger partial charge >= 0.3 is 0 Å². The van der Waals surface area contributed by atoms with Crippen molar-refractivity contribution in [3.63, 3.8) is 0 Å². The third-order valence-corrected chi connectivity index (χ3v) is 4.33. The number of benzene rings is 1. The monoisotopic (exact) mass is 397 g/mol. The van der Waals surface area contributed by atoms with Gasteiger partial charge in [0.2, 0.25) is 5.91 Å². The summed E-state index contributed by atoms with van der Waals surface area (Å²) in [6.07, 6.45) is 4.93. The predicted octanol–water partition coefficient (Wildman–Crippen LogP) is 3.37. The number of pyridine rings is 1. The van der Waals surface area contributed by atoms with Crippen LogP contribution in [-0.4, -0.2) is 50.4 Å². The fourth-order valence-corrected chi connectivity index (χ4v) is 2.93. The van der Waals surface area contributed by atoms with E-state index in [1.165, 1.54) is 6.08 Å². The van der Waals surface area contributed by atoms with Crippen molar-refractivity contribution < 1.29 is 19.0 Å². The summed E-state index contributed by atoms with van der Waals surface area (Å²) in [5.41, 5.74) is 1.49. The molecule has 1 amide bonds. The Bertz CT molecular complexity index is 844. The zero-order valence-corrected chi connectivity index (χ0v) is 17.1. The minimum Gasteiger partial charge on any atom is -0.493 e. The Morgan fingerprint density at radius 1 is 1.21 bits per heavy atom. The van der Waals surface area contributed by atoms with Gasteiger partial charge in [-0.25, -0.2) is 4.98 Å². The Kier molecular flexibility index (Phi) is 7.08. The van der Waals surface area contributed by atoms with Gasteiger partial charge in [-0.1, -0.05) is 6.07 Å². The van der Waals surface area contributed by atoms with E-state index in [4.69, 9.17) is 14.2 Å². The van der Waals surface area contributed by atoms with Crippen molar-refractivity contribution in [3.05, 3.63) is 48.2 Å². The molecule has 2 aromatic rings. The molecule has 7 nitrogen and oxygen atoms in total. The molecular formula is C22H27N3O4. The molecule has 0 atom stereocenters. The van der Waals surface area contributed by atoms with Crippen molar-refractivity contribution in [3.8, 4) is 11.5 Å². The maximum absolute atomic E-state index is 12.2. The Balaban J connectivity index is 1.59. The third-order valence-electron chi connectivity index (χ3n) is 4.33. The summed E-state index contributed by atoms with van der Waals surface area (Å²) < 4.78 is 16.4. The molecule has 0 bridgehead atoms. The summed E-state index contributed by atoms with van der Waals surface area (Å²) in [4.78, 5) is 18.8. The number of amides is 1. The standard InChI is InChI=1S/C22H27N3O4/c1-16(2)29-19-7-4-17(14-20(19)27-3)5-9-22(26)24-18-6-8-21(23-15-18)25-10-12-28-13-11-25/h4-9,14-16H,10-13H2,1-3H3,(H,24,26)/b9-5+. The minimum absolute atomic E-state index is 0.0549. The molecule has 1 aromatic carbocycles. The summed E-state index contributed by atoms with van der Waals surface area (Å²) in [5.74, 6) is 1.96. The van der Waals surface area contributed by atoms with Crippen LogP contribution in [0.4, 0.5) is 11.5 Å². The highest BCUT2D eigenvalue weighted by atomic mass is 16.5.